The lowest BCUT2D eigenvalue weighted by Crippen LogP contribution is -2.36. The molecule has 1 aliphatic rings. The molecule has 0 aliphatic carbocycles. The Labute approximate surface area is 183 Å². The number of carbonyl (C=O) groups is 2. The Hall–Kier alpha value is -3.60. The summed E-state index contributed by atoms with van der Waals surface area (Å²) in [7, 11) is 0. The van der Waals surface area contributed by atoms with Crippen LogP contribution in [0.5, 0.6) is 0 Å². The molecule has 31 heavy (non-hydrogen) atoms. The number of anilines is 2. The van der Waals surface area contributed by atoms with E-state index in [0.717, 1.165) is 30.6 Å². The zero-order chi connectivity index (χ0) is 21.6. The lowest BCUT2D eigenvalue weighted by atomic mass is 9.99. The Bertz CT molecular complexity index is 1080. The average molecular weight is 414 g/mol. The highest BCUT2D eigenvalue weighted by Gasteiger charge is 2.16. The normalized spacial score (nSPS) is 12.7. The Morgan fingerprint density at radius 1 is 0.871 bits per heavy atom. The number of rotatable bonds is 5. The van der Waals surface area contributed by atoms with Crippen LogP contribution >= 0.6 is 0 Å². The van der Waals surface area contributed by atoms with Crippen molar-refractivity contribution in [1.82, 2.24) is 5.32 Å². The van der Waals surface area contributed by atoms with Crippen molar-refractivity contribution in [3.63, 3.8) is 0 Å². The Kier molecular flexibility index (Phi) is 6.32. The van der Waals surface area contributed by atoms with Crippen molar-refractivity contribution in [2.75, 3.05) is 23.3 Å². The minimum Gasteiger partial charge on any atom is -0.367 e. The number of hydrogen-bond donors (Lipinski definition) is 2. The third-order valence-electron chi connectivity index (χ3n) is 5.73. The molecule has 1 aliphatic heterocycles. The number of para-hydroxylation sites is 1. The van der Waals surface area contributed by atoms with Gasteiger partial charge in [-0.3, -0.25) is 9.59 Å². The maximum Gasteiger partial charge on any atom is 0.313 e. The van der Waals surface area contributed by atoms with Gasteiger partial charge in [0.2, 0.25) is 0 Å². The van der Waals surface area contributed by atoms with E-state index in [-0.39, 0.29) is 0 Å². The van der Waals surface area contributed by atoms with Gasteiger partial charge in [-0.2, -0.15) is 0 Å². The first kappa shape index (κ1) is 20.7. The molecule has 0 saturated carbocycles. The monoisotopic (exact) mass is 413 g/mol. The molecule has 0 fully saturated rings. The Balaban J connectivity index is 1.26. The van der Waals surface area contributed by atoms with Gasteiger partial charge in [0, 0.05) is 31.0 Å². The van der Waals surface area contributed by atoms with Crippen molar-refractivity contribution in [3.8, 4) is 0 Å². The summed E-state index contributed by atoms with van der Waals surface area (Å²) in [5, 5.41) is 5.35. The fourth-order valence-corrected chi connectivity index (χ4v) is 3.88. The molecule has 0 unspecified atom stereocenters. The molecule has 158 valence electrons. The van der Waals surface area contributed by atoms with Gasteiger partial charge < -0.3 is 15.5 Å². The van der Waals surface area contributed by atoms with E-state index in [1.807, 2.05) is 25.1 Å². The summed E-state index contributed by atoms with van der Waals surface area (Å²) >= 11 is 0. The fraction of sp³-hybridized carbons (Fsp3) is 0.231. The molecule has 2 N–H and O–H groups in total. The molecule has 5 heteroatoms. The van der Waals surface area contributed by atoms with Crippen molar-refractivity contribution in [3.05, 3.63) is 95.1 Å². The lowest BCUT2D eigenvalue weighted by molar-refractivity contribution is -0.136. The predicted octanol–water partition coefficient (Wildman–Crippen LogP) is 3.86. The maximum atomic E-state index is 12.1. The summed E-state index contributed by atoms with van der Waals surface area (Å²) in [6.45, 7) is 4.25. The Morgan fingerprint density at radius 2 is 1.58 bits per heavy atom. The van der Waals surface area contributed by atoms with Crippen LogP contribution in [0.2, 0.25) is 0 Å². The molecule has 0 bridgehead atoms. The topological polar surface area (TPSA) is 61.4 Å². The summed E-state index contributed by atoms with van der Waals surface area (Å²) in [5.41, 5.74) is 6.74. The van der Waals surface area contributed by atoms with Gasteiger partial charge in [0.1, 0.15) is 0 Å². The maximum absolute atomic E-state index is 12.1. The smallest absolute Gasteiger partial charge is 0.313 e. The molecular formula is C26H27N3O2. The fourth-order valence-electron chi connectivity index (χ4n) is 3.88. The zero-order valence-electron chi connectivity index (χ0n) is 17.7. The molecule has 3 aromatic carbocycles. The van der Waals surface area contributed by atoms with Crippen molar-refractivity contribution in [2.45, 2.75) is 26.3 Å². The number of fused-ring (bicyclic) bond motifs is 1. The number of hydrogen-bond acceptors (Lipinski definition) is 3. The SMILES string of the molecule is Cc1ccccc1NC(=O)C(=O)NCCc1ccc(N2CCc3ccccc3C2)cc1. The highest BCUT2D eigenvalue weighted by molar-refractivity contribution is 6.39. The molecule has 1 heterocycles. The number of aryl methyl sites for hydroxylation is 1. The van der Waals surface area contributed by atoms with E-state index in [4.69, 9.17) is 0 Å². The molecule has 0 radical (unpaired) electrons. The summed E-state index contributed by atoms with van der Waals surface area (Å²) in [6, 6.07) is 24.5. The molecule has 5 nitrogen and oxygen atoms in total. The van der Waals surface area contributed by atoms with Gasteiger partial charge in [0.15, 0.2) is 0 Å². The highest BCUT2D eigenvalue weighted by atomic mass is 16.2. The van der Waals surface area contributed by atoms with Gasteiger partial charge in [0.25, 0.3) is 0 Å². The third-order valence-corrected chi connectivity index (χ3v) is 5.73. The van der Waals surface area contributed by atoms with Crippen LogP contribution in [-0.2, 0) is 29.0 Å². The first-order chi connectivity index (χ1) is 15.1. The second-order valence-corrected chi connectivity index (χ2v) is 7.88. The molecule has 2 amide bonds. The number of carbonyl (C=O) groups excluding carboxylic acids is 2. The van der Waals surface area contributed by atoms with Crippen molar-refractivity contribution in [2.24, 2.45) is 0 Å². The largest absolute Gasteiger partial charge is 0.367 e. The zero-order valence-corrected chi connectivity index (χ0v) is 17.7. The van der Waals surface area contributed by atoms with E-state index < -0.39 is 11.8 Å². The van der Waals surface area contributed by atoms with Crippen LogP contribution in [0.1, 0.15) is 22.3 Å². The molecule has 0 atom stereocenters. The molecule has 0 aromatic heterocycles. The molecule has 0 saturated heterocycles. The summed E-state index contributed by atoms with van der Waals surface area (Å²) in [5.74, 6) is -1.26. The van der Waals surface area contributed by atoms with Gasteiger partial charge >= 0.3 is 11.8 Å². The van der Waals surface area contributed by atoms with Gasteiger partial charge in [-0.1, -0.05) is 54.6 Å². The average Bonchev–Trinajstić information content (AvgIpc) is 2.80. The van der Waals surface area contributed by atoms with Crippen LogP contribution in [0.25, 0.3) is 0 Å². The molecule has 4 rings (SSSR count). The molecule has 0 spiro atoms. The summed E-state index contributed by atoms with van der Waals surface area (Å²) < 4.78 is 0. The highest BCUT2D eigenvalue weighted by Crippen LogP contribution is 2.24. The molecular weight excluding hydrogens is 386 g/mol. The van der Waals surface area contributed by atoms with Crippen molar-refractivity contribution >= 4 is 23.2 Å². The van der Waals surface area contributed by atoms with Crippen molar-refractivity contribution in [1.29, 1.82) is 0 Å². The van der Waals surface area contributed by atoms with E-state index in [2.05, 4.69) is 64.1 Å². The van der Waals surface area contributed by atoms with Gasteiger partial charge in [-0.05, 0) is 60.2 Å². The first-order valence-electron chi connectivity index (χ1n) is 10.7. The van der Waals surface area contributed by atoms with Crippen LogP contribution in [-0.4, -0.2) is 24.9 Å². The quantitative estimate of drug-likeness (QED) is 0.625. The second kappa shape index (κ2) is 9.47. The summed E-state index contributed by atoms with van der Waals surface area (Å²) in [4.78, 5) is 26.6. The van der Waals surface area contributed by atoms with Crippen LogP contribution in [0.3, 0.4) is 0 Å². The number of nitrogens with one attached hydrogen (secondary N) is 2. The van der Waals surface area contributed by atoms with E-state index in [1.165, 1.54) is 16.8 Å². The summed E-state index contributed by atoms with van der Waals surface area (Å²) in [6.07, 6.45) is 1.74. The van der Waals surface area contributed by atoms with Crippen LogP contribution in [0.15, 0.2) is 72.8 Å². The number of amides is 2. The van der Waals surface area contributed by atoms with Crippen LogP contribution < -0.4 is 15.5 Å². The first-order valence-corrected chi connectivity index (χ1v) is 10.7. The third kappa shape index (κ3) is 5.12. The van der Waals surface area contributed by atoms with Crippen LogP contribution in [0, 0.1) is 6.92 Å². The molecule has 3 aromatic rings. The number of benzene rings is 3. The van der Waals surface area contributed by atoms with E-state index >= 15 is 0 Å². The minimum absolute atomic E-state index is 0.413. The lowest BCUT2D eigenvalue weighted by Gasteiger charge is -2.30. The van der Waals surface area contributed by atoms with Gasteiger partial charge in [-0.25, -0.2) is 0 Å². The van der Waals surface area contributed by atoms with Gasteiger partial charge in [-0.15, -0.1) is 0 Å². The standard InChI is InChI=1S/C26H27N3O2/c1-19-6-2-5-9-24(19)28-26(31)25(30)27-16-14-20-10-12-23(13-11-20)29-17-15-21-7-3-4-8-22(21)18-29/h2-13H,14-18H2,1H3,(H,27,30)(H,28,31). The number of nitrogens with zero attached hydrogens (tertiary/aromatic N) is 1. The van der Waals surface area contributed by atoms with Crippen molar-refractivity contribution < 1.29 is 9.59 Å². The van der Waals surface area contributed by atoms with Crippen LogP contribution in [0.4, 0.5) is 11.4 Å². The van der Waals surface area contributed by atoms with Gasteiger partial charge in [0.05, 0.1) is 0 Å². The predicted molar refractivity (Wildman–Crippen MR) is 124 cm³/mol. The Morgan fingerprint density at radius 3 is 2.35 bits per heavy atom. The van der Waals surface area contributed by atoms with E-state index in [9.17, 15) is 9.59 Å². The van der Waals surface area contributed by atoms with E-state index in [0.29, 0.717) is 18.7 Å². The van der Waals surface area contributed by atoms with E-state index in [1.54, 1.807) is 6.07 Å². The second-order valence-electron chi connectivity index (χ2n) is 7.88. The minimum atomic E-state index is -0.643.